The molecule has 3 saturated heterocycles. The minimum Gasteiger partial charge on any atom is -0.300 e. The quantitative estimate of drug-likeness (QED) is 0.491. The van der Waals surface area contributed by atoms with E-state index in [4.69, 9.17) is 0 Å². The lowest BCUT2D eigenvalue weighted by atomic mass is 9.76. The normalized spacial score (nSPS) is 53.4. The summed E-state index contributed by atoms with van der Waals surface area (Å²) in [5, 5.41) is 0. The third-order valence-corrected chi connectivity index (χ3v) is 3.38. The van der Waals surface area contributed by atoms with Crippen molar-refractivity contribution in [2.75, 3.05) is 13.1 Å². The van der Waals surface area contributed by atoms with Crippen molar-refractivity contribution in [1.82, 2.24) is 4.90 Å². The van der Waals surface area contributed by atoms with E-state index in [2.05, 4.69) is 18.7 Å². The first-order valence-electron chi connectivity index (χ1n) is 4.36. The molecule has 0 N–H and O–H groups in total. The van der Waals surface area contributed by atoms with Gasteiger partial charge in [-0.3, -0.25) is 0 Å². The van der Waals surface area contributed by atoms with Gasteiger partial charge in [0, 0.05) is 6.04 Å². The largest absolute Gasteiger partial charge is 0.300 e. The van der Waals surface area contributed by atoms with Crippen molar-refractivity contribution < 1.29 is 0 Å². The zero-order valence-corrected chi connectivity index (χ0v) is 6.71. The maximum atomic E-state index is 4.22. The Kier molecular flexibility index (Phi) is 1.48. The Morgan fingerprint density at radius 3 is 2.20 bits per heavy atom. The number of piperidine rings is 3. The average molecular weight is 138 g/mol. The van der Waals surface area contributed by atoms with Crippen LogP contribution in [0.4, 0.5) is 0 Å². The van der Waals surface area contributed by atoms with Crippen LogP contribution < -0.4 is 0 Å². The van der Waals surface area contributed by atoms with Crippen LogP contribution in [0.2, 0.25) is 0 Å². The Morgan fingerprint density at radius 1 is 1.30 bits per heavy atom. The van der Waals surface area contributed by atoms with E-state index in [0.29, 0.717) is 5.92 Å². The smallest absolute Gasteiger partial charge is 0.00978 e. The monoisotopic (exact) mass is 138 g/mol. The molecule has 0 aromatic heterocycles. The molecule has 0 saturated carbocycles. The van der Waals surface area contributed by atoms with E-state index in [9.17, 15) is 0 Å². The Morgan fingerprint density at radius 2 is 1.90 bits per heavy atom. The highest BCUT2D eigenvalue weighted by molar-refractivity contribution is 4.93. The number of hydrogen-bond donors (Lipinski definition) is 0. The molecule has 3 aliphatic heterocycles. The van der Waals surface area contributed by atoms with E-state index in [1.54, 1.807) is 0 Å². The summed E-state index contributed by atoms with van der Waals surface area (Å²) in [5.74, 6) is 1.66. The van der Waals surface area contributed by atoms with Crippen LogP contribution in [0.5, 0.6) is 0 Å². The third kappa shape index (κ3) is 0.800. The average Bonchev–Trinajstić information content (AvgIpc) is 2.00. The second-order valence-electron chi connectivity index (χ2n) is 3.78. The van der Waals surface area contributed by atoms with Gasteiger partial charge in [-0.25, -0.2) is 0 Å². The zero-order chi connectivity index (χ0) is 7.14. The Hall–Kier alpha value is -0.0400. The summed E-state index contributed by atoms with van der Waals surface area (Å²) in [5.41, 5.74) is 0. The van der Waals surface area contributed by atoms with Crippen LogP contribution in [0.25, 0.3) is 0 Å². The minimum atomic E-state index is 0.711. The topological polar surface area (TPSA) is 3.24 Å². The molecular weight excluding hydrogens is 122 g/mol. The summed E-state index contributed by atoms with van der Waals surface area (Å²) in [6.07, 6.45) is 2.80. The summed E-state index contributed by atoms with van der Waals surface area (Å²) in [4.78, 5) is 2.58. The molecule has 3 aliphatic rings. The summed E-state index contributed by atoms with van der Waals surface area (Å²) in [6.45, 7) is 9.20. The molecule has 0 amide bonds. The standard InChI is InChI=1S/C9H16N/c1-7-8(2)10-5-3-9(7)4-6-10/h7-9H,1,3-6H2,2H3. The third-order valence-electron chi connectivity index (χ3n) is 3.38. The molecule has 1 nitrogen and oxygen atoms in total. The fraction of sp³-hybridized carbons (Fsp3) is 0.889. The van der Waals surface area contributed by atoms with Gasteiger partial charge in [-0.2, -0.15) is 0 Å². The highest BCUT2D eigenvalue weighted by Gasteiger charge is 2.36. The SMILES string of the molecule is [CH2]C1C2CCN(CC2)C1C. The molecule has 2 atom stereocenters. The van der Waals surface area contributed by atoms with Crippen LogP contribution in [0.3, 0.4) is 0 Å². The second kappa shape index (κ2) is 2.23. The molecule has 2 bridgehead atoms. The van der Waals surface area contributed by atoms with Crippen molar-refractivity contribution in [3.05, 3.63) is 6.92 Å². The van der Waals surface area contributed by atoms with E-state index < -0.39 is 0 Å². The predicted molar refractivity (Wildman–Crippen MR) is 42.6 cm³/mol. The zero-order valence-electron chi connectivity index (χ0n) is 6.71. The highest BCUT2D eigenvalue weighted by atomic mass is 15.2. The van der Waals surface area contributed by atoms with Gasteiger partial charge >= 0.3 is 0 Å². The summed E-state index contributed by atoms with van der Waals surface area (Å²) in [6, 6.07) is 0.757. The van der Waals surface area contributed by atoms with E-state index in [-0.39, 0.29) is 0 Å². The van der Waals surface area contributed by atoms with E-state index in [1.807, 2.05) is 0 Å². The van der Waals surface area contributed by atoms with Gasteiger partial charge in [0.2, 0.25) is 0 Å². The molecule has 0 spiro atoms. The molecule has 57 valence electrons. The molecule has 3 heterocycles. The Bertz CT molecular complexity index is 105. The molecule has 3 rings (SSSR count). The van der Waals surface area contributed by atoms with Crippen LogP contribution in [-0.2, 0) is 0 Å². The van der Waals surface area contributed by atoms with Crippen molar-refractivity contribution >= 4 is 0 Å². The lowest BCUT2D eigenvalue weighted by Crippen LogP contribution is -2.52. The van der Waals surface area contributed by atoms with Crippen LogP contribution in [0.15, 0.2) is 0 Å². The van der Waals surface area contributed by atoms with Crippen molar-refractivity contribution in [1.29, 1.82) is 0 Å². The highest BCUT2D eigenvalue weighted by Crippen LogP contribution is 2.35. The second-order valence-corrected chi connectivity index (χ2v) is 3.78. The Labute approximate surface area is 63.4 Å². The van der Waals surface area contributed by atoms with E-state index >= 15 is 0 Å². The van der Waals surface area contributed by atoms with Crippen molar-refractivity contribution in [3.63, 3.8) is 0 Å². The van der Waals surface area contributed by atoms with Gasteiger partial charge in [0.25, 0.3) is 0 Å². The van der Waals surface area contributed by atoms with Gasteiger partial charge in [-0.05, 0) is 51.6 Å². The molecule has 10 heavy (non-hydrogen) atoms. The molecule has 0 aromatic carbocycles. The van der Waals surface area contributed by atoms with E-state index in [0.717, 1.165) is 12.0 Å². The molecule has 1 heteroatoms. The Balaban J connectivity index is 2.13. The lowest BCUT2D eigenvalue weighted by molar-refractivity contribution is 0.0197. The molecule has 1 radical (unpaired) electrons. The first-order chi connectivity index (χ1) is 4.79. The molecule has 0 aromatic rings. The molecular formula is C9H16N. The van der Waals surface area contributed by atoms with Crippen molar-refractivity contribution in [2.24, 2.45) is 11.8 Å². The number of rotatable bonds is 0. The van der Waals surface area contributed by atoms with Gasteiger partial charge in [0.1, 0.15) is 0 Å². The first-order valence-corrected chi connectivity index (χ1v) is 4.36. The fourth-order valence-corrected chi connectivity index (χ4v) is 2.42. The van der Waals surface area contributed by atoms with Gasteiger partial charge in [-0.15, -0.1) is 0 Å². The summed E-state index contributed by atoms with van der Waals surface area (Å²) >= 11 is 0. The predicted octanol–water partition coefficient (Wildman–Crippen LogP) is 1.55. The fourth-order valence-electron chi connectivity index (χ4n) is 2.42. The number of fused-ring (bicyclic) bond motifs is 3. The first kappa shape index (κ1) is 6.66. The maximum Gasteiger partial charge on any atom is 0.00978 e. The van der Waals surface area contributed by atoms with E-state index in [1.165, 1.54) is 25.9 Å². The number of nitrogens with zero attached hydrogens (tertiary/aromatic N) is 1. The van der Waals surface area contributed by atoms with Crippen molar-refractivity contribution in [2.45, 2.75) is 25.8 Å². The van der Waals surface area contributed by atoms with Gasteiger partial charge in [0.05, 0.1) is 0 Å². The number of hydrogen-bond acceptors (Lipinski definition) is 1. The lowest BCUT2D eigenvalue weighted by Gasteiger charge is -2.48. The summed E-state index contributed by atoms with van der Waals surface area (Å²) in [7, 11) is 0. The van der Waals surface area contributed by atoms with Gasteiger partial charge in [0.15, 0.2) is 0 Å². The molecule has 2 unspecified atom stereocenters. The molecule has 0 aliphatic carbocycles. The van der Waals surface area contributed by atoms with Crippen LogP contribution in [0.1, 0.15) is 19.8 Å². The van der Waals surface area contributed by atoms with Crippen LogP contribution in [-0.4, -0.2) is 24.0 Å². The van der Waals surface area contributed by atoms with Gasteiger partial charge in [-0.1, -0.05) is 0 Å². The van der Waals surface area contributed by atoms with Gasteiger partial charge < -0.3 is 4.90 Å². The minimum absolute atomic E-state index is 0.711. The van der Waals surface area contributed by atoms with Crippen LogP contribution in [0, 0.1) is 18.8 Å². The van der Waals surface area contributed by atoms with Crippen LogP contribution >= 0.6 is 0 Å². The maximum absolute atomic E-state index is 4.22. The van der Waals surface area contributed by atoms with Crippen molar-refractivity contribution in [3.8, 4) is 0 Å². The molecule has 3 fully saturated rings. The summed E-state index contributed by atoms with van der Waals surface area (Å²) < 4.78 is 0.